The lowest BCUT2D eigenvalue weighted by atomic mass is 10.00. The number of aryl methyl sites for hydroxylation is 1. The number of fused-ring (bicyclic) bond motifs is 1. The third kappa shape index (κ3) is 3.81. The van der Waals surface area contributed by atoms with Crippen molar-refractivity contribution in [3.05, 3.63) is 48.2 Å². The van der Waals surface area contributed by atoms with E-state index in [0.29, 0.717) is 12.4 Å². The molecule has 0 spiro atoms. The first kappa shape index (κ1) is 20.8. The zero-order valence-corrected chi connectivity index (χ0v) is 18.3. The van der Waals surface area contributed by atoms with Crippen molar-refractivity contribution in [3.8, 4) is 0 Å². The van der Waals surface area contributed by atoms with Crippen molar-refractivity contribution in [2.45, 2.75) is 50.5 Å². The van der Waals surface area contributed by atoms with Gasteiger partial charge in [0.2, 0.25) is 15.9 Å². The van der Waals surface area contributed by atoms with Crippen LogP contribution in [0.4, 0.5) is 11.5 Å². The van der Waals surface area contributed by atoms with Crippen molar-refractivity contribution in [2.75, 3.05) is 24.7 Å². The minimum absolute atomic E-state index is 0.0613. The van der Waals surface area contributed by atoms with Crippen molar-refractivity contribution in [1.82, 2.24) is 14.2 Å². The second kappa shape index (κ2) is 8.35. The third-order valence-corrected chi connectivity index (χ3v) is 7.80. The second-order valence-corrected chi connectivity index (χ2v) is 9.90. The summed E-state index contributed by atoms with van der Waals surface area (Å²) in [5.41, 5.74) is 1.96. The van der Waals surface area contributed by atoms with E-state index >= 15 is 0 Å². The van der Waals surface area contributed by atoms with Gasteiger partial charge in [0.15, 0.2) is 5.82 Å². The number of piperidine rings is 1. The Bertz CT molecular complexity index is 1020. The average molecular weight is 429 g/mol. The summed E-state index contributed by atoms with van der Waals surface area (Å²) in [6, 6.07) is 11.2. The lowest BCUT2D eigenvalue weighted by Crippen LogP contribution is -2.52. The van der Waals surface area contributed by atoms with Crippen LogP contribution >= 0.6 is 0 Å². The first-order chi connectivity index (χ1) is 14.4. The number of aromatic nitrogens is 1. The number of carbonyl (C=O) groups excluding carboxylic acids is 1. The van der Waals surface area contributed by atoms with E-state index in [-0.39, 0.29) is 30.1 Å². The first-order valence-corrected chi connectivity index (χ1v) is 11.9. The Morgan fingerprint density at radius 1 is 1.17 bits per heavy atom. The standard InChI is InChI=1S/C22H28N4O3S/c1-3-18-7-4-5-14-25(18)21(27)15-24-16-26(19-11-9-17(2)10-12-19)22-20(30(24,28)29)8-6-13-23-22/h6,8-13,18H,3-5,7,14-16H2,1-2H3. The van der Waals surface area contributed by atoms with Crippen molar-refractivity contribution >= 4 is 27.4 Å². The van der Waals surface area contributed by atoms with Gasteiger partial charge in [-0.1, -0.05) is 24.6 Å². The Labute approximate surface area is 178 Å². The summed E-state index contributed by atoms with van der Waals surface area (Å²) in [4.78, 5) is 21.3. The number of pyridine rings is 1. The summed E-state index contributed by atoms with van der Waals surface area (Å²) in [5.74, 6) is 0.274. The average Bonchev–Trinajstić information content (AvgIpc) is 2.76. The molecule has 2 aromatic rings. The van der Waals surface area contributed by atoms with Crippen LogP contribution in [-0.2, 0) is 14.8 Å². The van der Waals surface area contributed by atoms with E-state index in [0.717, 1.165) is 36.9 Å². The fraction of sp³-hybridized carbons (Fsp3) is 0.455. The number of hydrogen-bond acceptors (Lipinski definition) is 5. The van der Waals surface area contributed by atoms with Crippen LogP contribution in [0.1, 0.15) is 38.2 Å². The number of rotatable bonds is 4. The topological polar surface area (TPSA) is 73.8 Å². The highest BCUT2D eigenvalue weighted by Crippen LogP contribution is 2.36. The molecule has 1 amide bonds. The number of nitrogens with zero attached hydrogens (tertiary/aromatic N) is 4. The van der Waals surface area contributed by atoms with Gasteiger partial charge in [0, 0.05) is 24.5 Å². The monoisotopic (exact) mass is 428 g/mol. The molecule has 3 heterocycles. The highest BCUT2D eigenvalue weighted by atomic mass is 32.2. The van der Waals surface area contributed by atoms with Crippen LogP contribution in [0.3, 0.4) is 0 Å². The van der Waals surface area contributed by atoms with Gasteiger partial charge in [-0.05, 0) is 56.9 Å². The summed E-state index contributed by atoms with van der Waals surface area (Å²) in [6.45, 7) is 4.69. The molecule has 1 saturated heterocycles. The van der Waals surface area contributed by atoms with Gasteiger partial charge in [-0.15, -0.1) is 0 Å². The van der Waals surface area contributed by atoms with E-state index in [1.807, 2.05) is 41.0 Å². The molecule has 1 atom stereocenters. The molecular weight excluding hydrogens is 400 g/mol. The molecule has 7 nitrogen and oxygen atoms in total. The van der Waals surface area contributed by atoms with Gasteiger partial charge in [-0.25, -0.2) is 13.4 Å². The van der Waals surface area contributed by atoms with E-state index < -0.39 is 10.0 Å². The maximum absolute atomic E-state index is 13.3. The van der Waals surface area contributed by atoms with E-state index in [1.165, 1.54) is 4.31 Å². The van der Waals surface area contributed by atoms with E-state index in [9.17, 15) is 13.2 Å². The minimum atomic E-state index is -3.81. The lowest BCUT2D eigenvalue weighted by Gasteiger charge is -2.39. The molecule has 4 rings (SSSR count). The predicted octanol–water partition coefficient (Wildman–Crippen LogP) is 3.28. The fourth-order valence-corrected chi connectivity index (χ4v) is 5.75. The summed E-state index contributed by atoms with van der Waals surface area (Å²) in [7, 11) is -3.81. The molecular formula is C22H28N4O3S. The van der Waals surface area contributed by atoms with Gasteiger partial charge in [-0.3, -0.25) is 4.79 Å². The Balaban J connectivity index is 1.67. The van der Waals surface area contributed by atoms with Crippen LogP contribution in [0.2, 0.25) is 0 Å². The van der Waals surface area contributed by atoms with Gasteiger partial charge >= 0.3 is 0 Å². The lowest BCUT2D eigenvalue weighted by molar-refractivity contribution is -0.135. The highest BCUT2D eigenvalue weighted by molar-refractivity contribution is 7.89. The number of anilines is 2. The molecule has 0 bridgehead atoms. The Hall–Kier alpha value is -2.45. The molecule has 1 aromatic heterocycles. The smallest absolute Gasteiger partial charge is 0.248 e. The number of carbonyl (C=O) groups is 1. The van der Waals surface area contributed by atoms with Gasteiger partial charge in [-0.2, -0.15) is 4.31 Å². The molecule has 1 fully saturated rings. The minimum Gasteiger partial charge on any atom is -0.339 e. The molecule has 1 unspecified atom stereocenters. The molecule has 0 aliphatic carbocycles. The van der Waals surface area contributed by atoms with Crippen LogP contribution < -0.4 is 4.90 Å². The normalized spacial score (nSPS) is 21.3. The van der Waals surface area contributed by atoms with Crippen LogP contribution in [0.15, 0.2) is 47.5 Å². The van der Waals surface area contributed by atoms with Crippen LogP contribution in [0, 0.1) is 6.92 Å². The molecule has 2 aliphatic heterocycles. The molecule has 2 aliphatic rings. The van der Waals surface area contributed by atoms with Gasteiger partial charge in [0.25, 0.3) is 0 Å². The Morgan fingerprint density at radius 2 is 1.93 bits per heavy atom. The number of likely N-dealkylation sites (tertiary alicyclic amines) is 1. The van der Waals surface area contributed by atoms with E-state index in [2.05, 4.69) is 11.9 Å². The maximum Gasteiger partial charge on any atom is 0.248 e. The van der Waals surface area contributed by atoms with Gasteiger partial charge < -0.3 is 9.80 Å². The molecule has 0 saturated carbocycles. The zero-order valence-electron chi connectivity index (χ0n) is 17.5. The van der Waals surface area contributed by atoms with Gasteiger partial charge in [0.1, 0.15) is 4.90 Å². The highest BCUT2D eigenvalue weighted by Gasteiger charge is 2.39. The number of sulfonamides is 1. The summed E-state index contributed by atoms with van der Waals surface area (Å²) >= 11 is 0. The van der Waals surface area contributed by atoms with Crippen molar-refractivity contribution in [2.24, 2.45) is 0 Å². The third-order valence-electron chi connectivity index (χ3n) is 6.00. The molecule has 1 aromatic carbocycles. The Morgan fingerprint density at radius 3 is 2.67 bits per heavy atom. The fourth-order valence-electron chi connectivity index (χ4n) is 4.28. The SMILES string of the molecule is CCC1CCCCN1C(=O)CN1CN(c2ccc(C)cc2)c2ncccc2S1(=O)=O. The predicted molar refractivity (Wildman–Crippen MR) is 116 cm³/mol. The van der Waals surface area contributed by atoms with Crippen molar-refractivity contribution < 1.29 is 13.2 Å². The summed E-state index contributed by atoms with van der Waals surface area (Å²) in [6.07, 6.45) is 5.55. The molecule has 0 radical (unpaired) electrons. The molecule has 30 heavy (non-hydrogen) atoms. The molecule has 160 valence electrons. The summed E-state index contributed by atoms with van der Waals surface area (Å²) in [5, 5.41) is 0. The number of amides is 1. The largest absolute Gasteiger partial charge is 0.339 e. The number of hydrogen-bond donors (Lipinski definition) is 0. The van der Waals surface area contributed by atoms with Crippen LogP contribution in [0.25, 0.3) is 0 Å². The summed E-state index contributed by atoms with van der Waals surface area (Å²) < 4.78 is 27.9. The van der Waals surface area contributed by atoms with E-state index in [4.69, 9.17) is 0 Å². The zero-order chi connectivity index (χ0) is 21.3. The number of benzene rings is 1. The van der Waals surface area contributed by atoms with Crippen LogP contribution in [0.5, 0.6) is 0 Å². The van der Waals surface area contributed by atoms with Gasteiger partial charge in [0.05, 0.1) is 13.2 Å². The van der Waals surface area contributed by atoms with Crippen molar-refractivity contribution in [1.29, 1.82) is 0 Å². The van der Waals surface area contributed by atoms with E-state index in [1.54, 1.807) is 18.3 Å². The molecule has 0 N–H and O–H groups in total. The Kier molecular flexibility index (Phi) is 5.79. The molecule has 8 heteroatoms. The first-order valence-electron chi connectivity index (χ1n) is 10.5. The van der Waals surface area contributed by atoms with Crippen LogP contribution in [-0.4, -0.2) is 54.3 Å². The quantitative estimate of drug-likeness (QED) is 0.747. The second-order valence-electron chi connectivity index (χ2n) is 7.99. The maximum atomic E-state index is 13.3. The van der Waals surface area contributed by atoms with Crippen molar-refractivity contribution in [3.63, 3.8) is 0 Å².